The Bertz CT molecular complexity index is 796. The number of nitrogen functional groups attached to an aromatic ring is 1. The van der Waals surface area contributed by atoms with Crippen molar-refractivity contribution in [2.75, 3.05) is 11.1 Å². The van der Waals surface area contributed by atoms with Crippen LogP contribution in [0.2, 0.25) is 0 Å². The van der Waals surface area contributed by atoms with Crippen molar-refractivity contribution in [1.82, 2.24) is 4.98 Å². The number of nitrogens with two attached hydrogens (primary N) is 1. The molecule has 0 aliphatic carbocycles. The second kappa shape index (κ2) is 4.24. The number of para-hydroxylation sites is 1. The molecule has 0 radical (unpaired) electrons. The molecule has 0 saturated carbocycles. The molecular formula is C15H13N3O. The Balaban J connectivity index is 2.41. The molecule has 0 atom stereocenters. The van der Waals surface area contributed by atoms with E-state index in [0.717, 1.165) is 21.8 Å². The first-order valence-corrected chi connectivity index (χ1v) is 6.01. The Morgan fingerprint density at radius 1 is 1.11 bits per heavy atom. The highest BCUT2D eigenvalue weighted by Gasteiger charge is 2.10. The number of amides is 1. The van der Waals surface area contributed by atoms with Gasteiger partial charge in [0, 0.05) is 17.7 Å². The number of hydrogen-bond acceptors (Lipinski definition) is 3. The molecule has 94 valence electrons. The van der Waals surface area contributed by atoms with Crippen LogP contribution in [0.3, 0.4) is 0 Å². The zero-order valence-electron chi connectivity index (χ0n) is 10.5. The summed E-state index contributed by atoms with van der Waals surface area (Å²) in [5, 5.41) is 4.48. The third-order valence-corrected chi connectivity index (χ3v) is 3.06. The van der Waals surface area contributed by atoms with Crippen LogP contribution in [-0.4, -0.2) is 10.9 Å². The maximum Gasteiger partial charge on any atom is 0.221 e. The third-order valence-electron chi connectivity index (χ3n) is 3.06. The van der Waals surface area contributed by atoms with Gasteiger partial charge >= 0.3 is 0 Å². The van der Waals surface area contributed by atoms with Crippen molar-refractivity contribution in [3.63, 3.8) is 0 Å². The molecular weight excluding hydrogens is 238 g/mol. The van der Waals surface area contributed by atoms with E-state index in [1.807, 2.05) is 42.5 Å². The molecule has 3 N–H and O–H groups in total. The summed E-state index contributed by atoms with van der Waals surface area (Å²) in [7, 11) is 0. The predicted octanol–water partition coefficient (Wildman–Crippen LogP) is 2.93. The number of fused-ring (bicyclic) bond motifs is 2. The highest BCUT2D eigenvalue weighted by Crippen LogP contribution is 2.33. The van der Waals surface area contributed by atoms with E-state index >= 15 is 0 Å². The van der Waals surface area contributed by atoms with Crippen molar-refractivity contribution in [2.45, 2.75) is 6.92 Å². The SMILES string of the molecule is CC(=O)Nc1cccc2nc3ccccc3c(N)c12. The van der Waals surface area contributed by atoms with Crippen LogP contribution < -0.4 is 11.1 Å². The second-order valence-electron chi connectivity index (χ2n) is 4.42. The predicted molar refractivity (Wildman–Crippen MR) is 78.0 cm³/mol. The molecule has 19 heavy (non-hydrogen) atoms. The van der Waals surface area contributed by atoms with E-state index in [1.165, 1.54) is 6.92 Å². The number of nitrogens with one attached hydrogen (secondary N) is 1. The molecule has 1 aromatic heterocycles. The zero-order chi connectivity index (χ0) is 13.4. The van der Waals surface area contributed by atoms with Gasteiger partial charge in [-0.25, -0.2) is 4.98 Å². The Morgan fingerprint density at radius 2 is 1.84 bits per heavy atom. The lowest BCUT2D eigenvalue weighted by Gasteiger charge is -2.11. The van der Waals surface area contributed by atoms with Gasteiger partial charge in [-0.2, -0.15) is 0 Å². The number of carbonyl (C=O) groups excluding carboxylic acids is 1. The first-order valence-electron chi connectivity index (χ1n) is 6.01. The quantitative estimate of drug-likeness (QED) is 0.653. The monoisotopic (exact) mass is 251 g/mol. The number of pyridine rings is 1. The minimum Gasteiger partial charge on any atom is -0.398 e. The van der Waals surface area contributed by atoms with Gasteiger partial charge in [-0.05, 0) is 18.2 Å². The van der Waals surface area contributed by atoms with Gasteiger partial charge in [-0.1, -0.05) is 24.3 Å². The number of anilines is 2. The Labute approximate surface area is 110 Å². The topological polar surface area (TPSA) is 68.0 Å². The van der Waals surface area contributed by atoms with Gasteiger partial charge in [0.15, 0.2) is 0 Å². The first-order chi connectivity index (χ1) is 9.16. The van der Waals surface area contributed by atoms with E-state index in [-0.39, 0.29) is 5.91 Å². The Kier molecular flexibility index (Phi) is 2.56. The van der Waals surface area contributed by atoms with Crippen molar-refractivity contribution in [3.05, 3.63) is 42.5 Å². The molecule has 0 aliphatic heterocycles. The fourth-order valence-electron chi connectivity index (χ4n) is 2.27. The molecule has 2 aromatic carbocycles. The van der Waals surface area contributed by atoms with E-state index < -0.39 is 0 Å². The van der Waals surface area contributed by atoms with Gasteiger partial charge in [-0.3, -0.25) is 4.79 Å². The zero-order valence-corrected chi connectivity index (χ0v) is 10.5. The summed E-state index contributed by atoms with van der Waals surface area (Å²) in [5.74, 6) is -0.125. The average Bonchev–Trinajstić information content (AvgIpc) is 2.38. The Morgan fingerprint density at radius 3 is 2.63 bits per heavy atom. The third kappa shape index (κ3) is 1.87. The molecule has 1 heterocycles. The number of benzene rings is 2. The highest BCUT2D eigenvalue weighted by atomic mass is 16.1. The van der Waals surface area contributed by atoms with E-state index in [4.69, 9.17) is 5.73 Å². The lowest BCUT2D eigenvalue weighted by molar-refractivity contribution is -0.114. The van der Waals surface area contributed by atoms with Crippen LogP contribution in [0.4, 0.5) is 11.4 Å². The smallest absolute Gasteiger partial charge is 0.221 e. The molecule has 0 fully saturated rings. The van der Waals surface area contributed by atoms with Crippen molar-refractivity contribution < 1.29 is 4.79 Å². The van der Waals surface area contributed by atoms with Crippen molar-refractivity contribution in [1.29, 1.82) is 0 Å². The lowest BCUT2D eigenvalue weighted by Crippen LogP contribution is -2.07. The largest absolute Gasteiger partial charge is 0.398 e. The molecule has 0 saturated heterocycles. The van der Waals surface area contributed by atoms with Crippen LogP contribution >= 0.6 is 0 Å². The van der Waals surface area contributed by atoms with Crippen molar-refractivity contribution in [3.8, 4) is 0 Å². The molecule has 0 spiro atoms. The van der Waals surface area contributed by atoms with Crippen LogP contribution in [0.25, 0.3) is 21.8 Å². The summed E-state index contributed by atoms with van der Waals surface area (Å²) in [5.41, 5.74) is 9.21. The van der Waals surface area contributed by atoms with Crippen LogP contribution in [0.1, 0.15) is 6.92 Å². The van der Waals surface area contributed by atoms with Gasteiger partial charge in [0.25, 0.3) is 0 Å². The molecule has 3 rings (SSSR count). The van der Waals surface area contributed by atoms with Crippen LogP contribution in [0.5, 0.6) is 0 Å². The normalized spacial score (nSPS) is 10.8. The van der Waals surface area contributed by atoms with Gasteiger partial charge in [0.2, 0.25) is 5.91 Å². The molecule has 4 nitrogen and oxygen atoms in total. The van der Waals surface area contributed by atoms with Crippen LogP contribution in [0.15, 0.2) is 42.5 Å². The van der Waals surface area contributed by atoms with Crippen molar-refractivity contribution >= 4 is 39.1 Å². The molecule has 0 bridgehead atoms. The fourth-order valence-corrected chi connectivity index (χ4v) is 2.27. The maximum absolute atomic E-state index is 11.3. The minimum atomic E-state index is -0.125. The van der Waals surface area contributed by atoms with Gasteiger partial charge in [-0.15, -0.1) is 0 Å². The van der Waals surface area contributed by atoms with Gasteiger partial charge < -0.3 is 11.1 Å². The standard InChI is InChI=1S/C15H13N3O/c1-9(19)17-12-7-4-8-13-14(12)15(16)10-5-2-3-6-11(10)18-13/h2-8H,1H3,(H2,16,18)(H,17,19). The Hall–Kier alpha value is -2.62. The van der Waals surface area contributed by atoms with E-state index in [9.17, 15) is 4.79 Å². The summed E-state index contributed by atoms with van der Waals surface area (Å²) in [6.07, 6.45) is 0. The van der Waals surface area contributed by atoms with Gasteiger partial charge in [0.1, 0.15) is 0 Å². The van der Waals surface area contributed by atoms with E-state index in [0.29, 0.717) is 11.4 Å². The molecule has 1 amide bonds. The number of aromatic nitrogens is 1. The second-order valence-corrected chi connectivity index (χ2v) is 4.42. The molecule has 0 unspecified atom stereocenters. The number of hydrogen-bond donors (Lipinski definition) is 2. The molecule has 3 aromatic rings. The molecule has 0 aliphatic rings. The van der Waals surface area contributed by atoms with E-state index in [2.05, 4.69) is 10.3 Å². The van der Waals surface area contributed by atoms with Crippen LogP contribution in [-0.2, 0) is 4.79 Å². The summed E-state index contributed by atoms with van der Waals surface area (Å²) in [4.78, 5) is 15.8. The average molecular weight is 251 g/mol. The number of rotatable bonds is 1. The maximum atomic E-state index is 11.3. The fraction of sp³-hybridized carbons (Fsp3) is 0.0667. The minimum absolute atomic E-state index is 0.125. The summed E-state index contributed by atoms with van der Waals surface area (Å²) in [6.45, 7) is 1.48. The summed E-state index contributed by atoms with van der Waals surface area (Å²) in [6, 6.07) is 13.3. The first kappa shape index (κ1) is 11.5. The summed E-state index contributed by atoms with van der Waals surface area (Å²) >= 11 is 0. The van der Waals surface area contributed by atoms with Crippen LogP contribution in [0, 0.1) is 0 Å². The molecule has 4 heteroatoms. The van der Waals surface area contributed by atoms with Gasteiger partial charge in [0.05, 0.1) is 22.4 Å². The summed E-state index contributed by atoms with van der Waals surface area (Å²) < 4.78 is 0. The lowest BCUT2D eigenvalue weighted by atomic mass is 10.1. The highest BCUT2D eigenvalue weighted by molar-refractivity contribution is 6.13. The van der Waals surface area contributed by atoms with Crippen molar-refractivity contribution in [2.24, 2.45) is 0 Å². The number of nitrogens with zero attached hydrogens (tertiary/aromatic N) is 1. The number of carbonyl (C=O) groups is 1. The van der Waals surface area contributed by atoms with E-state index in [1.54, 1.807) is 0 Å².